The van der Waals surface area contributed by atoms with Gasteiger partial charge in [-0.15, -0.1) is 0 Å². The Balaban J connectivity index is 2.24. The first-order valence-electron chi connectivity index (χ1n) is 5.78. The van der Waals surface area contributed by atoms with Crippen LogP contribution in [0.15, 0.2) is 18.2 Å². The van der Waals surface area contributed by atoms with Crippen LogP contribution in [0.2, 0.25) is 0 Å². The molecule has 0 aliphatic carbocycles. The summed E-state index contributed by atoms with van der Waals surface area (Å²) >= 11 is 0. The minimum Gasteiger partial charge on any atom is -0.491 e. The van der Waals surface area contributed by atoms with Gasteiger partial charge in [-0.25, -0.2) is 9.37 Å². The fraction of sp³-hybridized carbons (Fsp3) is 0.333. The average molecular weight is 250 g/mol. The number of nitrogens with one attached hydrogen (secondary N) is 1. The summed E-state index contributed by atoms with van der Waals surface area (Å²) in [6, 6.07) is 4.66. The molecule has 0 atom stereocenters. The van der Waals surface area contributed by atoms with E-state index in [1.165, 1.54) is 6.07 Å². The minimum atomic E-state index is -0.417. The molecule has 96 valence electrons. The lowest BCUT2D eigenvalue weighted by atomic mass is 10.2. The molecule has 6 heteroatoms. The standard InChI is InChI=1S/C12H15FN4O/c1-2-18-10-4-3-8(7-9(10)13)12-15-11(5-6-14)16-17-12/h3-4,7H,2,5-6,14H2,1H3,(H,15,16,17). The topological polar surface area (TPSA) is 76.8 Å². The van der Waals surface area contributed by atoms with Crippen LogP contribution in [0.3, 0.4) is 0 Å². The highest BCUT2D eigenvalue weighted by atomic mass is 19.1. The van der Waals surface area contributed by atoms with Crippen LogP contribution < -0.4 is 10.5 Å². The van der Waals surface area contributed by atoms with Crippen molar-refractivity contribution in [2.45, 2.75) is 13.3 Å². The van der Waals surface area contributed by atoms with Crippen molar-refractivity contribution in [3.05, 3.63) is 29.8 Å². The van der Waals surface area contributed by atoms with Crippen molar-refractivity contribution in [3.63, 3.8) is 0 Å². The lowest BCUT2D eigenvalue weighted by Crippen LogP contribution is -2.03. The summed E-state index contributed by atoms with van der Waals surface area (Å²) < 4.78 is 18.8. The normalized spacial score (nSPS) is 10.6. The Labute approximate surface area is 104 Å². The van der Waals surface area contributed by atoms with Gasteiger partial charge >= 0.3 is 0 Å². The number of halogens is 1. The Morgan fingerprint density at radius 2 is 2.28 bits per heavy atom. The van der Waals surface area contributed by atoms with Crippen molar-refractivity contribution >= 4 is 0 Å². The molecule has 5 nitrogen and oxygen atoms in total. The molecular weight excluding hydrogens is 235 g/mol. The highest BCUT2D eigenvalue weighted by molar-refractivity contribution is 5.56. The first-order chi connectivity index (χ1) is 8.74. The number of hydrogen-bond acceptors (Lipinski definition) is 4. The molecule has 0 radical (unpaired) electrons. The second-order valence-corrected chi connectivity index (χ2v) is 3.72. The summed E-state index contributed by atoms with van der Waals surface area (Å²) in [6.45, 7) is 2.73. The Hall–Kier alpha value is -1.95. The SMILES string of the molecule is CCOc1ccc(-c2n[nH]c(CCN)n2)cc1F. The van der Waals surface area contributed by atoms with Crippen LogP contribution in [0.1, 0.15) is 12.7 Å². The zero-order valence-corrected chi connectivity index (χ0v) is 10.1. The van der Waals surface area contributed by atoms with E-state index >= 15 is 0 Å². The van der Waals surface area contributed by atoms with Gasteiger partial charge in [0, 0.05) is 12.0 Å². The molecule has 1 heterocycles. The second-order valence-electron chi connectivity index (χ2n) is 3.72. The number of nitrogens with two attached hydrogens (primary N) is 1. The van der Waals surface area contributed by atoms with Crippen molar-refractivity contribution in [2.24, 2.45) is 5.73 Å². The Kier molecular flexibility index (Phi) is 3.88. The molecular formula is C12H15FN4O. The van der Waals surface area contributed by atoms with Crippen LogP contribution in [0.5, 0.6) is 5.75 Å². The summed E-state index contributed by atoms with van der Waals surface area (Å²) in [7, 11) is 0. The van der Waals surface area contributed by atoms with Gasteiger partial charge in [0.2, 0.25) is 0 Å². The van der Waals surface area contributed by atoms with Gasteiger partial charge in [0.05, 0.1) is 6.61 Å². The van der Waals surface area contributed by atoms with Crippen LogP contribution in [-0.4, -0.2) is 28.3 Å². The van der Waals surface area contributed by atoms with E-state index in [2.05, 4.69) is 15.2 Å². The van der Waals surface area contributed by atoms with Gasteiger partial charge in [-0.1, -0.05) is 0 Å². The average Bonchev–Trinajstić information content (AvgIpc) is 2.81. The van der Waals surface area contributed by atoms with Crippen molar-refractivity contribution in [3.8, 4) is 17.1 Å². The summed E-state index contributed by atoms with van der Waals surface area (Å²) in [6.07, 6.45) is 0.618. The summed E-state index contributed by atoms with van der Waals surface area (Å²) in [5, 5.41) is 6.79. The van der Waals surface area contributed by atoms with Crippen molar-refractivity contribution in [1.29, 1.82) is 0 Å². The molecule has 0 bridgehead atoms. The van der Waals surface area contributed by atoms with Gasteiger partial charge in [-0.2, -0.15) is 5.10 Å². The van der Waals surface area contributed by atoms with E-state index in [-0.39, 0.29) is 5.75 Å². The maximum atomic E-state index is 13.7. The van der Waals surface area contributed by atoms with Crippen LogP contribution in [0, 0.1) is 5.82 Å². The fourth-order valence-electron chi connectivity index (χ4n) is 1.59. The third-order valence-electron chi connectivity index (χ3n) is 2.40. The van der Waals surface area contributed by atoms with Gasteiger partial charge in [0.15, 0.2) is 17.4 Å². The molecule has 18 heavy (non-hydrogen) atoms. The monoisotopic (exact) mass is 250 g/mol. The van der Waals surface area contributed by atoms with Crippen molar-refractivity contribution in [2.75, 3.05) is 13.2 Å². The first-order valence-corrected chi connectivity index (χ1v) is 5.78. The Morgan fingerprint density at radius 1 is 1.44 bits per heavy atom. The second kappa shape index (κ2) is 5.59. The summed E-state index contributed by atoms with van der Waals surface area (Å²) in [4.78, 5) is 4.23. The van der Waals surface area contributed by atoms with Gasteiger partial charge in [-0.05, 0) is 31.7 Å². The van der Waals surface area contributed by atoms with Gasteiger partial charge in [0.1, 0.15) is 5.82 Å². The molecule has 1 aromatic heterocycles. The van der Waals surface area contributed by atoms with Gasteiger partial charge in [0.25, 0.3) is 0 Å². The highest BCUT2D eigenvalue weighted by Crippen LogP contribution is 2.23. The molecule has 0 spiro atoms. The lowest BCUT2D eigenvalue weighted by molar-refractivity contribution is 0.321. The molecule has 0 aliphatic heterocycles. The third kappa shape index (κ3) is 2.65. The number of benzene rings is 1. The molecule has 0 unspecified atom stereocenters. The number of rotatable bonds is 5. The Bertz CT molecular complexity index is 527. The molecule has 0 aliphatic rings. The van der Waals surface area contributed by atoms with Crippen LogP contribution in [-0.2, 0) is 6.42 Å². The zero-order valence-electron chi connectivity index (χ0n) is 10.1. The molecule has 1 aromatic carbocycles. The van der Waals surface area contributed by atoms with Crippen LogP contribution in [0.25, 0.3) is 11.4 Å². The van der Waals surface area contributed by atoms with E-state index in [4.69, 9.17) is 10.5 Å². The summed E-state index contributed by atoms with van der Waals surface area (Å²) in [5.74, 6) is 0.973. The van der Waals surface area contributed by atoms with Crippen molar-refractivity contribution < 1.29 is 9.13 Å². The molecule has 2 aromatic rings. The van der Waals surface area contributed by atoms with E-state index in [0.29, 0.717) is 36.8 Å². The number of H-pyrrole nitrogens is 1. The number of nitrogens with zero attached hydrogens (tertiary/aromatic N) is 2. The Morgan fingerprint density at radius 3 is 2.94 bits per heavy atom. The predicted octanol–water partition coefficient (Wildman–Crippen LogP) is 1.51. The summed E-state index contributed by atoms with van der Waals surface area (Å²) in [5.41, 5.74) is 6.03. The number of aromatic nitrogens is 3. The molecule has 0 amide bonds. The molecule has 3 N–H and O–H groups in total. The van der Waals surface area contributed by atoms with E-state index in [9.17, 15) is 4.39 Å². The zero-order chi connectivity index (χ0) is 13.0. The molecule has 0 saturated carbocycles. The smallest absolute Gasteiger partial charge is 0.181 e. The maximum Gasteiger partial charge on any atom is 0.181 e. The fourth-order valence-corrected chi connectivity index (χ4v) is 1.59. The third-order valence-corrected chi connectivity index (χ3v) is 2.40. The van der Waals surface area contributed by atoms with Crippen molar-refractivity contribution in [1.82, 2.24) is 15.2 Å². The van der Waals surface area contributed by atoms with Gasteiger partial charge < -0.3 is 10.5 Å². The quantitative estimate of drug-likeness (QED) is 0.843. The first kappa shape index (κ1) is 12.5. The molecule has 2 rings (SSSR count). The highest BCUT2D eigenvalue weighted by Gasteiger charge is 2.09. The van der Waals surface area contributed by atoms with E-state index in [0.717, 1.165) is 0 Å². The van der Waals surface area contributed by atoms with Crippen LogP contribution >= 0.6 is 0 Å². The van der Waals surface area contributed by atoms with E-state index in [1.54, 1.807) is 12.1 Å². The number of ether oxygens (including phenoxy) is 1. The number of hydrogen-bond donors (Lipinski definition) is 2. The largest absolute Gasteiger partial charge is 0.491 e. The predicted molar refractivity (Wildman–Crippen MR) is 65.7 cm³/mol. The maximum absolute atomic E-state index is 13.7. The lowest BCUT2D eigenvalue weighted by Gasteiger charge is -2.04. The number of aromatic amines is 1. The van der Waals surface area contributed by atoms with E-state index in [1.807, 2.05) is 6.92 Å². The van der Waals surface area contributed by atoms with Gasteiger partial charge in [-0.3, -0.25) is 5.10 Å². The molecule has 0 saturated heterocycles. The minimum absolute atomic E-state index is 0.235. The molecule has 0 fully saturated rings. The van der Waals surface area contributed by atoms with E-state index < -0.39 is 5.82 Å². The van der Waals surface area contributed by atoms with Crippen LogP contribution in [0.4, 0.5) is 4.39 Å².